The van der Waals surface area contributed by atoms with Gasteiger partial charge in [0.1, 0.15) is 5.76 Å². The number of ether oxygens (including phenoxy) is 1. The molecule has 0 aliphatic rings. The van der Waals surface area contributed by atoms with Gasteiger partial charge in [-0.2, -0.15) is 0 Å². The Morgan fingerprint density at radius 2 is 1.64 bits per heavy atom. The van der Waals surface area contributed by atoms with Crippen molar-refractivity contribution in [2.75, 3.05) is 0 Å². The summed E-state index contributed by atoms with van der Waals surface area (Å²) in [4.78, 5) is 34.9. The fourth-order valence-electron chi connectivity index (χ4n) is 2.57. The monoisotopic (exact) mass is 379 g/mol. The number of aryl methyl sites for hydroxylation is 1. The molecule has 0 N–H and O–H groups in total. The van der Waals surface area contributed by atoms with Crippen molar-refractivity contribution in [3.63, 3.8) is 0 Å². The van der Waals surface area contributed by atoms with E-state index in [1.807, 2.05) is 19.1 Å². The maximum Gasteiger partial charge on any atom is 0.374 e. The lowest BCUT2D eigenvalue weighted by Gasteiger charge is -2.11. The Morgan fingerprint density at radius 3 is 2.25 bits per heavy atom. The van der Waals surface area contributed by atoms with E-state index in [-0.39, 0.29) is 17.2 Å². The van der Waals surface area contributed by atoms with Gasteiger partial charge in [-0.25, -0.2) is 4.79 Å². The van der Waals surface area contributed by atoms with E-state index >= 15 is 0 Å². The van der Waals surface area contributed by atoms with E-state index < -0.39 is 17.0 Å². The van der Waals surface area contributed by atoms with Gasteiger partial charge in [0.2, 0.25) is 11.5 Å². The number of furan rings is 1. The molecule has 0 unspecified atom stereocenters. The average Bonchev–Trinajstić information content (AvgIpc) is 3.18. The molecule has 0 spiro atoms. The van der Waals surface area contributed by atoms with E-state index in [9.17, 15) is 19.7 Å². The van der Waals surface area contributed by atoms with Crippen LogP contribution < -0.4 is 0 Å². The van der Waals surface area contributed by atoms with Crippen LogP contribution in [0.15, 0.2) is 65.1 Å². The average molecular weight is 379 g/mol. The minimum Gasteiger partial charge on any atom is -0.449 e. The van der Waals surface area contributed by atoms with Gasteiger partial charge in [0.15, 0.2) is 6.10 Å². The van der Waals surface area contributed by atoms with Gasteiger partial charge in [-0.3, -0.25) is 14.9 Å². The Labute approximate surface area is 160 Å². The fraction of sp³-hybridized carbons (Fsp3) is 0.143. The summed E-state index contributed by atoms with van der Waals surface area (Å²) in [7, 11) is 0. The Bertz CT molecular complexity index is 1020. The Balaban J connectivity index is 1.69. The molecule has 0 aliphatic carbocycles. The fourth-order valence-corrected chi connectivity index (χ4v) is 2.57. The molecular formula is C21H17NO6. The number of ketones is 1. The Morgan fingerprint density at radius 1 is 1.00 bits per heavy atom. The van der Waals surface area contributed by atoms with E-state index in [4.69, 9.17) is 9.15 Å². The summed E-state index contributed by atoms with van der Waals surface area (Å²) in [6.45, 7) is 3.41. The molecule has 0 saturated heterocycles. The molecule has 1 heterocycles. The van der Waals surface area contributed by atoms with Gasteiger partial charge in [0, 0.05) is 23.3 Å². The number of benzene rings is 2. The van der Waals surface area contributed by atoms with E-state index in [0.717, 1.165) is 5.56 Å². The number of Topliss-reactive ketones (excluding diaryl/α,β-unsaturated/α-hetero) is 1. The minimum absolute atomic E-state index is 0.0432. The number of hydrogen-bond donors (Lipinski definition) is 0. The lowest BCUT2D eigenvalue weighted by atomic mass is 10.1. The number of carbonyl (C=O) groups excluding carboxylic acids is 2. The smallest absolute Gasteiger partial charge is 0.374 e. The summed E-state index contributed by atoms with van der Waals surface area (Å²) < 4.78 is 10.7. The van der Waals surface area contributed by atoms with Crippen LogP contribution in [0.25, 0.3) is 11.3 Å². The van der Waals surface area contributed by atoms with Gasteiger partial charge in [0.05, 0.1) is 4.92 Å². The predicted octanol–water partition coefficient (Wildman–Crippen LogP) is 4.59. The number of rotatable bonds is 6. The predicted molar refractivity (Wildman–Crippen MR) is 101 cm³/mol. The molecule has 28 heavy (non-hydrogen) atoms. The normalized spacial score (nSPS) is 11.6. The standard InChI is InChI=1S/C21H17NO6/c1-13-3-5-16(6-4-13)20(23)14(2)27-21(24)19-12-11-18(28-19)15-7-9-17(10-8-15)22(25)26/h3-12,14H,1-2H3/t14-/m0/s1. The maximum atomic E-state index is 12.4. The highest BCUT2D eigenvalue weighted by Crippen LogP contribution is 2.25. The molecule has 1 atom stereocenters. The summed E-state index contributed by atoms with van der Waals surface area (Å²) >= 11 is 0. The molecule has 1 aromatic heterocycles. The quantitative estimate of drug-likeness (QED) is 0.269. The zero-order chi connectivity index (χ0) is 20.3. The zero-order valence-corrected chi connectivity index (χ0v) is 15.2. The van der Waals surface area contributed by atoms with Crippen LogP contribution in [0.4, 0.5) is 5.69 Å². The molecule has 2 aromatic carbocycles. The highest BCUT2D eigenvalue weighted by molar-refractivity contribution is 6.01. The molecule has 0 aliphatic heterocycles. The van der Waals surface area contributed by atoms with Crippen molar-refractivity contribution in [3.8, 4) is 11.3 Å². The van der Waals surface area contributed by atoms with E-state index in [1.54, 1.807) is 18.2 Å². The van der Waals surface area contributed by atoms with Crippen molar-refractivity contribution in [2.45, 2.75) is 20.0 Å². The summed E-state index contributed by atoms with van der Waals surface area (Å²) in [6, 6.07) is 15.7. The van der Waals surface area contributed by atoms with Crippen molar-refractivity contribution in [1.29, 1.82) is 0 Å². The van der Waals surface area contributed by atoms with Crippen molar-refractivity contribution in [3.05, 3.63) is 87.7 Å². The second kappa shape index (κ2) is 7.87. The first-order valence-corrected chi connectivity index (χ1v) is 8.51. The molecule has 0 fully saturated rings. The molecule has 3 rings (SSSR count). The number of carbonyl (C=O) groups is 2. The lowest BCUT2D eigenvalue weighted by Crippen LogP contribution is -2.24. The van der Waals surface area contributed by atoms with Gasteiger partial charge in [0.25, 0.3) is 5.69 Å². The summed E-state index contributed by atoms with van der Waals surface area (Å²) in [5.41, 5.74) is 2.01. The first-order valence-electron chi connectivity index (χ1n) is 8.51. The molecule has 0 bridgehead atoms. The van der Waals surface area contributed by atoms with Gasteiger partial charge in [-0.05, 0) is 38.1 Å². The highest BCUT2D eigenvalue weighted by atomic mass is 16.6. The summed E-state index contributed by atoms with van der Waals surface area (Å²) in [6.07, 6.45) is -0.969. The number of nitro groups is 1. The van der Waals surface area contributed by atoms with E-state index in [1.165, 1.54) is 37.3 Å². The van der Waals surface area contributed by atoms with Crippen LogP contribution >= 0.6 is 0 Å². The topological polar surface area (TPSA) is 99.7 Å². The summed E-state index contributed by atoms with van der Waals surface area (Å²) in [5.74, 6) is -0.770. The first kappa shape index (κ1) is 19.0. The van der Waals surface area contributed by atoms with Crippen molar-refractivity contribution >= 4 is 17.4 Å². The maximum absolute atomic E-state index is 12.4. The Kier molecular flexibility index (Phi) is 5.35. The summed E-state index contributed by atoms with van der Waals surface area (Å²) in [5, 5.41) is 10.7. The Hall–Kier alpha value is -3.74. The third kappa shape index (κ3) is 4.15. The second-order valence-corrected chi connectivity index (χ2v) is 6.25. The molecule has 3 aromatic rings. The number of nitrogens with zero attached hydrogens (tertiary/aromatic N) is 1. The largest absolute Gasteiger partial charge is 0.449 e. The number of nitro benzene ring substituents is 1. The molecule has 7 nitrogen and oxygen atoms in total. The molecule has 142 valence electrons. The van der Waals surface area contributed by atoms with Crippen LogP contribution in [0.2, 0.25) is 0 Å². The van der Waals surface area contributed by atoms with Crippen molar-refractivity contribution in [2.24, 2.45) is 0 Å². The van der Waals surface area contributed by atoms with Gasteiger partial charge < -0.3 is 9.15 Å². The molecule has 7 heteroatoms. The molecule has 0 amide bonds. The van der Waals surface area contributed by atoms with Gasteiger partial charge in [-0.15, -0.1) is 0 Å². The molecule has 0 radical (unpaired) electrons. The van der Waals surface area contributed by atoms with Crippen LogP contribution in [0, 0.1) is 17.0 Å². The lowest BCUT2D eigenvalue weighted by molar-refractivity contribution is -0.384. The van der Waals surface area contributed by atoms with Crippen LogP contribution in [0.5, 0.6) is 0 Å². The van der Waals surface area contributed by atoms with E-state index in [2.05, 4.69) is 0 Å². The van der Waals surface area contributed by atoms with Crippen molar-refractivity contribution < 1.29 is 23.7 Å². The molecular weight excluding hydrogens is 362 g/mol. The first-order chi connectivity index (χ1) is 13.3. The number of hydrogen-bond acceptors (Lipinski definition) is 6. The van der Waals surface area contributed by atoms with Crippen LogP contribution in [0.1, 0.15) is 33.4 Å². The van der Waals surface area contributed by atoms with Crippen molar-refractivity contribution in [1.82, 2.24) is 0 Å². The number of esters is 1. The van der Waals surface area contributed by atoms with Gasteiger partial charge >= 0.3 is 5.97 Å². The second-order valence-electron chi connectivity index (χ2n) is 6.25. The van der Waals surface area contributed by atoms with Gasteiger partial charge in [-0.1, -0.05) is 29.8 Å². The minimum atomic E-state index is -0.969. The zero-order valence-electron chi connectivity index (χ0n) is 15.2. The third-order valence-corrected chi connectivity index (χ3v) is 4.16. The SMILES string of the molecule is Cc1ccc(C(=O)[C@H](C)OC(=O)c2ccc(-c3ccc([N+](=O)[O-])cc3)o2)cc1. The highest BCUT2D eigenvalue weighted by Gasteiger charge is 2.22. The van der Waals surface area contributed by atoms with E-state index in [0.29, 0.717) is 16.9 Å². The third-order valence-electron chi connectivity index (χ3n) is 4.16. The van der Waals surface area contributed by atoms with Crippen LogP contribution in [-0.4, -0.2) is 22.8 Å². The van der Waals surface area contributed by atoms with Crippen LogP contribution in [-0.2, 0) is 4.74 Å². The number of non-ortho nitro benzene ring substituents is 1. The molecule has 0 saturated carbocycles. The van der Waals surface area contributed by atoms with Crippen LogP contribution in [0.3, 0.4) is 0 Å².